The second-order valence-electron chi connectivity index (χ2n) is 4.65. The van der Waals surface area contributed by atoms with Crippen LogP contribution < -0.4 is 5.32 Å². The number of nitrogens with zero attached hydrogens (tertiary/aromatic N) is 4. The molecule has 0 spiro atoms. The Hall–Kier alpha value is -1.95. The van der Waals surface area contributed by atoms with Crippen LogP contribution in [0.5, 0.6) is 0 Å². The van der Waals surface area contributed by atoms with E-state index in [4.69, 9.17) is 0 Å². The van der Waals surface area contributed by atoms with Gasteiger partial charge in [0, 0.05) is 24.3 Å². The highest BCUT2D eigenvalue weighted by molar-refractivity contribution is 7.14. The molecule has 1 N–H and O–H groups in total. The highest BCUT2D eigenvalue weighted by atomic mass is 32.1. The molecule has 5 nitrogen and oxygen atoms in total. The number of rotatable bonds is 5. The molecule has 3 aromatic rings. The van der Waals surface area contributed by atoms with Gasteiger partial charge in [0.1, 0.15) is 5.69 Å². The van der Waals surface area contributed by atoms with E-state index >= 15 is 0 Å². The first-order chi connectivity index (χ1) is 9.79. The van der Waals surface area contributed by atoms with Gasteiger partial charge in [-0.2, -0.15) is 0 Å². The van der Waals surface area contributed by atoms with Gasteiger partial charge in [-0.05, 0) is 19.4 Å². The molecule has 3 rings (SSSR count). The van der Waals surface area contributed by atoms with Gasteiger partial charge in [0.15, 0.2) is 5.13 Å². The Balaban J connectivity index is 1.93. The Kier molecular flexibility index (Phi) is 3.64. The number of unbranched alkanes of at least 4 members (excludes halogenated alkanes) is 1. The van der Waals surface area contributed by atoms with E-state index in [1.165, 1.54) is 6.42 Å². The van der Waals surface area contributed by atoms with Crippen LogP contribution in [-0.4, -0.2) is 25.9 Å². The van der Waals surface area contributed by atoms with Gasteiger partial charge in [-0.25, -0.2) is 15.0 Å². The van der Waals surface area contributed by atoms with Gasteiger partial charge in [-0.3, -0.25) is 4.40 Å². The summed E-state index contributed by atoms with van der Waals surface area (Å²) in [5, 5.41) is 6.39. The quantitative estimate of drug-likeness (QED) is 0.731. The SMILES string of the molecule is CCCCNc1nc(-c2c(C)nc3ncccn23)cs1. The van der Waals surface area contributed by atoms with E-state index in [-0.39, 0.29) is 0 Å². The van der Waals surface area contributed by atoms with Crippen LogP contribution in [0.15, 0.2) is 23.8 Å². The van der Waals surface area contributed by atoms with Gasteiger partial charge >= 0.3 is 0 Å². The molecule has 3 aromatic heterocycles. The van der Waals surface area contributed by atoms with Crippen LogP contribution in [0.25, 0.3) is 17.2 Å². The third kappa shape index (κ3) is 2.38. The lowest BCUT2D eigenvalue weighted by Crippen LogP contribution is -2.00. The standard InChI is InChI=1S/C14H17N5S/c1-3-4-6-16-14-18-11(9-20-14)12-10(2)17-13-15-7-5-8-19(12)13/h5,7-9H,3-4,6H2,1-2H3,(H,16,18). The molecular weight excluding hydrogens is 270 g/mol. The molecule has 0 saturated heterocycles. The number of anilines is 1. The molecule has 3 heterocycles. The largest absolute Gasteiger partial charge is 0.362 e. The fourth-order valence-corrected chi connectivity index (χ4v) is 2.87. The van der Waals surface area contributed by atoms with Crippen molar-refractivity contribution in [1.29, 1.82) is 0 Å². The van der Waals surface area contributed by atoms with Crippen molar-refractivity contribution < 1.29 is 0 Å². The average Bonchev–Trinajstić information content (AvgIpc) is 3.02. The van der Waals surface area contributed by atoms with Crippen molar-refractivity contribution in [2.75, 3.05) is 11.9 Å². The highest BCUT2D eigenvalue weighted by Gasteiger charge is 2.14. The van der Waals surface area contributed by atoms with E-state index in [1.807, 2.05) is 23.6 Å². The van der Waals surface area contributed by atoms with Gasteiger partial charge in [-0.15, -0.1) is 11.3 Å². The second kappa shape index (κ2) is 5.58. The summed E-state index contributed by atoms with van der Waals surface area (Å²) in [4.78, 5) is 13.4. The Bertz CT molecular complexity index is 715. The fraction of sp³-hybridized carbons (Fsp3) is 0.357. The van der Waals surface area contributed by atoms with Gasteiger partial charge in [0.2, 0.25) is 5.78 Å². The lowest BCUT2D eigenvalue weighted by molar-refractivity contribution is 0.833. The van der Waals surface area contributed by atoms with Crippen molar-refractivity contribution in [3.63, 3.8) is 0 Å². The molecule has 6 heteroatoms. The number of hydrogen-bond donors (Lipinski definition) is 1. The first kappa shape index (κ1) is 13.1. The number of thiazole rings is 1. The van der Waals surface area contributed by atoms with Gasteiger partial charge in [0.25, 0.3) is 0 Å². The predicted octanol–water partition coefficient (Wildman–Crippen LogP) is 3.37. The van der Waals surface area contributed by atoms with E-state index in [0.717, 1.165) is 35.2 Å². The zero-order valence-corrected chi connectivity index (χ0v) is 12.4. The number of imidazole rings is 1. The van der Waals surface area contributed by atoms with Crippen LogP contribution in [0.3, 0.4) is 0 Å². The maximum absolute atomic E-state index is 4.65. The van der Waals surface area contributed by atoms with E-state index in [9.17, 15) is 0 Å². The van der Waals surface area contributed by atoms with Crippen LogP contribution in [0.2, 0.25) is 0 Å². The summed E-state index contributed by atoms with van der Waals surface area (Å²) in [6, 6.07) is 1.91. The zero-order chi connectivity index (χ0) is 13.9. The van der Waals surface area contributed by atoms with Gasteiger partial charge < -0.3 is 5.32 Å². The lowest BCUT2D eigenvalue weighted by Gasteiger charge is -2.00. The third-order valence-electron chi connectivity index (χ3n) is 3.13. The maximum atomic E-state index is 4.65. The van der Waals surface area contributed by atoms with Crippen LogP contribution in [-0.2, 0) is 0 Å². The summed E-state index contributed by atoms with van der Waals surface area (Å²) in [5.41, 5.74) is 2.92. The number of nitrogens with one attached hydrogen (secondary N) is 1. The Morgan fingerprint density at radius 2 is 2.25 bits per heavy atom. The number of aromatic nitrogens is 4. The summed E-state index contributed by atoms with van der Waals surface area (Å²) in [7, 11) is 0. The zero-order valence-electron chi connectivity index (χ0n) is 11.6. The molecule has 0 radical (unpaired) electrons. The molecular formula is C14H17N5S. The monoisotopic (exact) mass is 287 g/mol. The summed E-state index contributed by atoms with van der Waals surface area (Å²) in [6.45, 7) is 5.15. The minimum Gasteiger partial charge on any atom is -0.362 e. The number of hydrogen-bond acceptors (Lipinski definition) is 5. The summed E-state index contributed by atoms with van der Waals surface area (Å²) < 4.78 is 1.99. The first-order valence-electron chi connectivity index (χ1n) is 6.79. The molecule has 0 saturated carbocycles. The van der Waals surface area contributed by atoms with Gasteiger partial charge in [0.05, 0.1) is 11.4 Å². The maximum Gasteiger partial charge on any atom is 0.234 e. The topological polar surface area (TPSA) is 55.1 Å². The molecule has 0 fully saturated rings. The number of aryl methyl sites for hydroxylation is 1. The van der Waals surface area contributed by atoms with Crippen LogP contribution >= 0.6 is 11.3 Å². The third-order valence-corrected chi connectivity index (χ3v) is 3.93. The predicted molar refractivity (Wildman–Crippen MR) is 82.2 cm³/mol. The molecule has 104 valence electrons. The molecule has 20 heavy (non-hydrogen) atoms. The molecule has 0 atom stereocenters. The minimum atomic E-state index is 0.716. The van der Waals surface area contributed by atoms with Crippen LogP contribution in [0.1, 0.15) is 25.5 Å². The lowest BCUT2D eigenvalue weighted by atomic mass is 10.3. The molecule has 0 aliphatic heterocycles. The average molecular weight is 287 g/mol. The number of fused-ring (bicyclic) bond motifs is 1. The Morgan fingerprint density at radius 1 is 1.35 bits per heavy atom. The normalized spacial score (nSPS) is 11.1. The molecule has 0 amide bonds. The smallest absolute Gasteiger partial charge is 0.234 e. The van der Waals surface area contributed by atoms with Crippen molar-refractivity contribution >= 4 is 22.2 Å². The van der Waals surface area contributed by atoms with E-state index in [2.05, 4.69) is 32.6 Å². The fourth-order valence-electron chi connectivity index (χ4n) is 2.14. The van der Waals surface area contributed by atoms with Crippen LogP contribution in [0.4, 0.5) is 5.13 Å². The first-order valence-corrected chi connectivity index (χ1v) is 7.67. The molecule has 0 aromatic carbocycles. The summed E-state index contributed by atoms with van der Waals surface area (Å²) in [5.74, 6) is 0.716. The Morgan fingerprint density at radius 3 is 3.10 bits per heavy atom. The minimum absolute atomic E-state index is 0.716. The van der Waals surface area contributed by atoms with Crippen molar-refractivity contribution in [1.82, 2.24) is 19.4 Å². The molecule has 0 unspecified atom stereocenters. The molecule has 0 aliphatic rings. The van der Waals surface area contributed by atoms with Crippen molar-refractivity contribution in [3.05, 3.63) is 29.5 Å². The van der Waals surface area contributed by atoms with Crippen LogP contribution in [0, 0.1) is 6.92 Å². The second-order valence-corrected chi connectivity index (χ2v) is 5.51. The highest BCUT2D eigenvalue weighted by Crippen LogP contribution is 2.27. The van der Waals surface area contributed by atoms with Crippen molar-refractivity contribution in [2.45, 2.75) is 26.7 Å². The van der Waals surface area contributed by atoms with E-state index in [0.29, 0.717) is 5.78 Å². The Labute approximate surface area is 121 Å². The van der Waals surface area contributed by atoms with E-state index < -0.39 is 0 Å². The summed E-state index contributed by atoms with van der Waals surface area (Å²) >= 11 is 1.63. The summed E-state index contributed by atoms with van der Waals surface area (Å²) in [6.07, 6.45) is 6.07. The van der Waals surface area contributed by atoms with E-state index in [1.54, 1.807) is 17.5 Å². The van der Waals surface area contributed by atoms with Crippen molar-refractivity contribution in [3.8, 4) is 11.4 Å². The molecule has 0 bridgehead atoms. The molecule has 0 aliphatic carbocycles. The van der Waals surface area contributed by atoms with Crippen molar-refractivity contribution in [2.24, 2.45) is 0 Å². The van der Waals surface area contributed by atoms with Gasteiger partial charge in [-0.1, -0.05) is 13.3 Å².